The number of aryl methyl sites for hydroxylation is 4. The quantitative estimate of drug-likeness (QED) is 0.145. The Bertz CT molecular complexity index is 1160. The lowest BCUT2D eigenvalue weighted by Gasteiger charge is -2.26. The van der Waals surface area contributed by atoms with Gasteiger partial charge in [-0.15, -0.1) is 0 Å². The molecule has 0 bridgehead atoms. The van der Waals surface area contributed by atoms with Crippen LogP contribution in [0.4, 0.5) is 5.69 Å². The van der Waals surface area contributed by atoms with Gasteiger partial charge in [0, 0.05) is 12.6 Å². The van der Waals surface area contributed by atoms with Crippen LogP contribution in [-0.4, -0.2) is 63.1 Å². The van der Waals surface area contributed by atoms with Crippen molar-refractivity contribution < 1.29 is 23.7 Å². The molecule has 0 aliphatic carbocycles. The molecule has 0 heterocycles. The Morgan fingerprint density at radius 1 is 0.690 bits per heavy atom. The highest BCUT2D eigenvalue weighted by Gasteiger charge is 2.20. The van der Waals surface area contributed by atoms with Crippen LogP contribution in [-0.2, 0) is 48.4 Å². The number of ether oxygens (including phenoxy) is 5. The van der Waals surface area contributed by atoms with E-state index >= 15 is 0 Å². The van der Waals surface area contributed by atoms with Crippen molar-refractivity contribution >= 4 is 40.3 Å². The molecule has 2 aromatic carbocycles. The van der Waals surface area contributed by atoms with Crippen LogP contribution in [0.2, 0.25) is 0 Å². The molecule has 0 fully saturated rings. The molecule has 0 amide bonds. The third-order valence-corrected chi connectivity index (χ3v) is 7.18. The zero-order chi connectivity index (χ0) is 31.1. The highest BCUT2D eigenvalue weighted by atomic mass is 32.1. The minimum atomic E-state index is 0.143. The third-order valence-electron chi connectivity index (χ3n) is 6.84. The first-order chi connectivity index (χ1) is 20.0. The molecule has 0 atom stereocenters. The zero-order valence-corrected chi connectivity index (χ0v) is 28.6. The summed E-state index contributed by atoms with van der Waals surface area (Å²) < 4.78 is 27.3. The van der Waals surface area contributed by atoms with E-state index < -0.39 is 0 Å². The molecule has 42 heavy (non-hydrogen) atoms. The highest BCUT2D eigenvalue weighted by molar-refractivity contribution is 7.80. The van der Waals surface area contributed by atoms with Crippen LogP contribution in [0, 0.1) is 13.8 Å². The minimum absolute atomic E-state index is 0.143. The Balaban J connectivity index is 1.79. The second-order valence-corrected chi connectivity index (χ2v) is 12.4. The largest absolute Gasteiger partial charge is 0.485 e. The summed E-state index contributed by atoms with van der Waals surface area (Å²) in [6.45, 7) is 21.2. The molecule has 234 valence electrons. The first-order valence-electron chi connectivity index (χ1n) is 15.0. The Kier molecular flexibility index (Phi) is 15.9. The van der Waals surface area contributed by atoms with Gasteiger partial charge in [0.1, 0.15) is 13.2 Å². The van der Waals surface area contributed by atoms with Gasteiger partial charge in [-0.05, 0) is 102 Å². The maximum absolute atomic E-state index is 5.72. The summed E-state index contributed by atoms with van der Waals surface area (Å²) >= 11 is 10.3. The Hall–Kier alpha value is -2.10. The number of benzene rings is 2. The Morgan fingerprint density at radius 3 is 1.67 bits per heavy atom. The van der Waals surface area contributed by atoms with E-state index in [9.17, 15) is 0 Å². The van der Waals surface area contributed by atoms with Gasteiger partial charge in [0.2, 0.25) is 0 Å². The van der Waals surface area contributed by atoms with Crippen LogP contribution < -0.4 is 5.32 Å². The van der Waals surface area contributed by atoms with Gasteiger partial charge in [0.05, 0.1) is 39.6 Å². The third kappa shape index (κ3) is 12.6. The molecule has 0 radical (unpaired) electrons. The average molecular weight is 618 g/mol. The molecule has 0 spiro atoms. The molecule has 6 nitrogen and oxygen atoms in total. The van der Waals surface area contributed by atoms with E-state index in [0.29, 0.717) is 63.1 Å². The van der Waals surface area contributed by atoms with Gasteiger partial charge in [-0.25, -0.2) is 0 Å². The summed E-state index contributed by atoms with van der Waals surface area (Å²) in [5.74, 6) is 0. The van der Waals surface area contributed by atoms with Crippen molar-refractivity contribution in [3.63, 3.8) is 0 Å². The Morgan fingerprint density at radius 2 is 1.17 bits per heavy atom. The summed E-state index contributed by atoms with van der Waals surface area (Å²) in [5, 5.41) is 4.19. The molecule has 0 saturated carbocycles. The SMILES string of the molecule is CCc1cc(Cc2cc(C)c(C(C)(C)C)c(CC)c2)cc(C)c1NC(=S)OCCOCCOCCOCCOC(C)=S. The fourth-order valence-electron chi connectivity index (χ4n) is 5.25. The number of hydrogen-bond donors (Lipinski definition) is 1. The zero-order valence-electron chi connectivity index (χ0n) is 26.9. The van der Waals surface area contributed by atoms with Crippen LogP contribution in [0.5, 0.6) is 0 Å². The topological polar surface area (TPSA) is 58.2 Å². The minimum Gasteiger partial charge on any atom is -0.485 e. The van der Waals surface area contributed by atoms with Gasteiger partial charge in [-0.3, -0.25) is 0 Å². The molecule has 2 rings (SSSR count). The second kappa shape index (κ2) is 18.5. The van der Waals surface area contributed by atoms with Crippen LogP contribution in [0.1, 0.15) is 80.5 Å². The van der Waals surface area contributed by atoms with Gasteiger partial charge >= 0.3 is 0 Å². The fourth-order valence-corrected chi connectivity index (χ4v) is 5.52. The molecule has 0 unspecified atom stereocenters. The second-order valence-electron chi connectivity index (χ2n) is 11.5. The molecular weight excluding hydrogens is 567 g/mol. The molecule has 0 saturated heterocycles. The number of hydrogen-bond acceptors (Lipinski definition) is 7. The Labute approximate surface area is 264 Å². The standard InChI is InChI=1S/C34H51NO5S2/c1-9-29-22-27(19-24(3)31(29)34(6,7)8)21-28-20-25(4)32(30(10-2)23-28)35-33(42)40-18-16-38-14-12-36-11-13-37-15-17-39-26(5)41/h19-20,22-23H,9-18,21H2,1-8H3,(H,35,42). The lowest BCUT2D eigenvalue weighted by Crippen LogP contribution is -2.19. The maximum Gasteiger partial charge on any atom is 0.261 e. The van der Waals surface area contributed by atoms with Crippen LogP contribution in [0.25, 0.3) is 0 Å². The molecular formula is C34H51NO5S2. The van der Waals surface area contributed by atoms with Crippen molar-refractivity contribution in [3.05, 3.63) is 63.2 Å². The first kappa shape index (κ1) is 36.1. The van der Waals surface area contributed by atoms with Crippen LogP contribution in [0.15, 0.2) is 24.3 Å². The van der Waals surface area contributed by atoms with E-state index in [4.69, 9.17) is 48.1 Å². The molecule has 0 aliphatic heterocycles. The lowest BCUT2D eigenvalue weighted by molar-refractivity contribution is 0.00409. The number of rotatable bonds is 17. The van der Waals surface area contributed by atoms with Gasteiger partial charge < -0.3 is 29.0 Å². The van der Waals surface area contributed by atoms with Crippen LogP contribution >= 0.6 is 24.4 Å². The molecule has 0 aromatic heterocycles. The first-order valence-corrected chi connectivity index (χ1v) is 15.8. The van der Waals surface area contributed by atoms with Crippen LogP contribution in [0.3, 0.4) is 0 Å². The van der Waals surface area contributed by atoms with Crippen molar-refractivity contribution in [1.29, 1.82) is 0 Å². The van der Waals surface area contributed by atoms with Crippen molar-refractivity contribution in [1.82, 2.24) is 0 Å². The molecule has 0 aliphatic rings. The summed E-state index contributed by atoms with van der Waals surface area (Å²) in [5.41, 5.74) is 10.5. The van der Waals surface area contributed by atoms with Gasteiger partial charge in [0.25, 0.3) is 5.17 Å². The summed E-state index contributed by atoms with van der Waals surface area (Å²) in [4.78, 5) is 0. The van der Waals surface area contributed by atoms with E-state index in [-0.39, 0.29) is 5.41 Å². The van der Waals surface area contributed by atoms with Crippen molar-refractivity contribution in [2.24, 2.45) is 0 Å². The normalized spacial score (nSPS) is 11.4. The summed E-state index contributed by atoms with van der Waals surface area (Å²) in [6.07, 6.45) is 2.85. The summed E-state index contributed by atoms with van der Waals surface area (Å²) in [7, 11) is 0. The average Bonchev–Trinajstić information content (AvgIpc) is 2.91. The maximum atomic E-state index is 5.72. The van der Waals surface area contributed by atoms with Crippen molar-refractivity contribution in [3.8, 4) is 0 Å². The number of thiocarbonyl (C=S) groups is 2. The van der Waals surface area contributed by atoms with E-state index in [0.717, 1.165) is 30.5 Å². The van der Waals surface area contributed by atoms with Crippen molar-refractivity contribution in [2.45, 2.75) is 80.1 Å². The van der Waals surface area contributed by atoms with Gasteiger partial charge in [0.15, 0.2) is 5.05 Å². The van der Waals surface area contributed by atoms with E-state index in [1.807, 2.05) is 0 Å². The molecule has 2 aromatic rings. The summed E-state index contributed by atoms with van der Waals surface area (Å²) in [6, 6.07) is 9.30. The number of nitrogens with one attached hydrogen (secondary N) is 1. The van der Waals surface area contributed by atoms with Crippen molar-refractivity contribution in [2.75, 3.05) is 58.2 Å². The predicted octanol–water partition coefficient (Wildman–Crippen LogP) is 7.44. The van der Waals surface area contributed by atoms with E-state index in [2.05, 4.69) is 78.0 Å². The highest BCUT2D eigenvalue weighted by Crippen LogP contribution is 2.32. The van der Waals surface area contributed by atoms with Gasteiger partial charge in [-0.2, -0.15) is 0 Å². The van der Waals surface area contributed by atoms with Gasteiger partial charge in [-0.1, -0.05) is 58.9 Å². The lowest BCUT2D eigenvalue weighted by atomic mass is 9.79. The predicted molar refractivity (Wildman–Crippen MR) is 181 cm³/mol. The monoisotopic (exact) mass is 617 g/mol. The van der Waals surface area contributed by atoms with E-state index in [1.165, 1.54) is 33.4 Å². The molecule has 8 heteroatoms. The number of anilines is 1. The van der Waals surface area contributed by atoms with E-state index in [1.54, 1.807) is 6.92 Å². The smallest absolute Gasteiger partial charge is 0.261 e. The molecule has 1 N–H and O–H groups in total. The fraction of sp³-hybridized carbons (Fsp3) is 0.588.